The van der Waals surface area contributed by atoms with E-state index in [-0.39, 0.29) is 0 Å². The van der Waals surface area contributed by atoms with Crippen LogP contribution in [0.1, 0.15) is 23.6 Å². The first-order chi connectivity index (χ1) is 12.9. The fourth-order valence-corrected chi connectivity index (χ4v) is 2.79. The lowest BCUT2D eigenvalue weighted by Crippen LogP contribution is -2.40. The smallest absolute Gasteiger partial charge is 0.161 e. The monoisotopic (exact) mass is 370 g/mol. The highest BCUT2D eigenvalue weighted by molar-refractivity contribution is 5.73. The van der Waals surface area contributed by atoms with Crippen molar-refractivity contribution in [3.63, 3.8) is 0 Å². The molecule has 0 spiro atoms. The first-order valence-corrected chi connectivity index (χ1v) is 9.31. The maximum atomic E-state index is 5.51. The summed E-state index contributed by atoms with van der Waals surface area (Å²) in [5.74, 6) is 2.38. The third-order valence-electron chi connectivity index (χ3n) is 5.06. The van der Waals surface area contributed by atoms with E-state index in [9.17, 15) is 0 Å². The van der Waals surface area contributed by atoms with E-state index in [0.717, 1.165) is 52.4 Å². The summed E-state index contributed by atoms with van der Waals surface area (Å²) in [6, 6.07) is 12.2. The van der Waals surface area contributed by atoms with Gasteiger partial charge in [-0.05, 0) is 47.9 Å². The highest BCUT2D eigenvalue weighted by Crippen LogP contribution is 2.32. The molecule has 0 bridgehead atoms. The minimum atomic E-state index is 0.750. The number of hydrogen-bond acceptors (Lipinski definition) is 3. The zero-order chi connectivity index (χ0) is 19.9. The summed E-state index contributed by atoms with van der Waals surface area (Å²) in [6.07, 6.45) is 5.23. The van der Waals surface area contributed by atoms with E-state index in [2.05, 4.69) is 45.3 Å². The van der Waals surface area contributed by atoms with Crippen molar-refractivity contribution in [2.75, 3.05) is 48.5 Å². The summed E-state index contributed by atoms with van der Waals surface area (Å²) in [6.45, 7) is 4.39. The average molecular weight is 371 g/mol. The molecule has 0 unspecified atom stereocenters. The molecule has 2 aromatic rings. The van der Waals surface area contributed by atoms with Crippen LogP contribution >= 0.6 is 0 Å². The maximum absolute atomic E-state index is 5.51. The van der Waals surface area contributed by atoms with Crippen LogP contribution in [0.3, 0.4) is 0 Å². The van der Waals surface area contributed by atoms with Crippen molar-refractivity contribution in [3.8, 4) is 17.2 Å². The molecule has 27 heavy (non-hydrogen) atoms. The molecule has 0 aliphatic carbocycles. The van der Waals surface area contributed by atoms with E-state index in [0.29, 0.717) is 0 Å². The normalized spacial score (nSPS) is 11.6. The Bertz CT molecular complexity index is 764. The van der Waals surface area contributed by atoms with E-state index in [4.69, 9.17) is 14.2 Å². The van der Waals surface area contributed by atoms with Crippen molar-refractivity contribution in [1.82, 2.24) is 0 Å². The largest absolute Gasteiger partial charge is 0.497 e. The van der Waals surface area contributed by atoms with Crippen LogP contribution in [-0.2, 0) is 6.42 Å². The highest BCUT2D eigenvalue weighted by Gasteiger charge is 2.15. The molecule has 0 fully saturated rings. The Morgan fingerprint density at radius 2 is 1.48 bits per heavy atom. The van der Waals surface area contributed by atoms with Gasteiger partial charge in [-0.2, -0.15) is 0 Å². The van der Waals surface area contributed by atoms with Gasteiger partial charge in [-0.15, -0.1) is 0 Å². The van der Waals surface area contributed by atoms with Crippen LogP contribution in [0.15, 0.2) is 36.4 Å². The number of ether oxygens (including phenoxy) is 3. The van der Waals surface area contributed by atoms with Gasteiger partial charge in [-0.1, -0.05) is 24.3 Å². The second kappa shape index (κ2) is 9.47. The molecule has 0 radical (unpaired) electrons. The predicted molar refractivity (Wildman–Crippen MR) is 113 cm³/mol. The molecule has 0 aromatic heterocycles. The number of methoxy groups -OCH3 is 3. The minimum absolute atomic E-state index is 0.750. The Hall–Kier alpha value is -2.46. The van der Waals surface area contributed by atoms with Gasteiger partial charge in [-0.25, -0.2) is 0 Å². The lowest BCUT2D eigenvalue weighted by Gasteiger charge is -2.28. The van der Waals surface area contributed by atoms with Gasteiger partial charge in [0.1, 0.15) is 5.75 Å². The van der Waals surface area contributed by atoms with Crippen LogP contribution in [0.4, 0.5) is 0 Å². The SMILES string of the molecule is CC[N+](C)(C)CCc1cc(OC)c(OC)cc1C=Cc1ccc(OC)cc1. The Kier molecular flexibility index (Phi) is 7.31. The Morgan fingerprint density at radius 3 is 2.04 bits per heavy atom. The third kappa shape index (κ3) is 5.76. The van der Waals surface area contributed by atoms with Crippen LogP contribution in [0.5, 0.6) is 17.2 Å². The van der Waals surface area contributed by atoms with Gasteiger partial charge in [-0.3, -0.25) is 0 Å². The predicted octanol–water partition coefficient (Wildman–Crippen LogP) is 4.52. The standard InChI is InChI=1S/C23H32NO3/c1-7-24(2,3)15-14-20-17-23(27-6)22(26-5)16-19(20)11-8-18-9-12-21(25-4)13-10-18/h8-13,16-17H,7,14-15H2,1-6H3/q+1. The number of nitrogens with zero attached hydrogens (tertiary/aromatic N) is 1. The van der Waals surface area contributed by atoms with Crippen LogP contribution < -0.4 is 14.2 Å². The van der Waals surface area contributed by atoms with Crippen LogP contribution in [0.25, 0.3) is 12.2 Å². The molecule has 0 atom stereocenters. The fourth-order valence-electron chi connectivity index (χ4n) is 2.79. The van der Waals surface area contributed by atoms with Crippen molar-refractivity contribution in [1.29, 1.82) is 0 Å². The zero-order valence-electron chi connectivity index (χ0n) is 17.4. The van der Waals surface area contributed by atoms with E-state index in [1.165, 1.54) is 5.56 Å². The van der Waals surface area contributed by atoms with Crippen LogP contribution in [0, 0.1) is 0 Å². The summed E-state index contributed by atoms with van der Waals surface area (Å²) in [4.78, 5) is 0. The number of benzene rings is 2. The molecule has 4 nitrogen and oxygen atoms in total. The Labute approximate surface area is 163 Å². The second-order valence-corrected chi connectivity index (χ2v) is 7.24. The lowest BCUT2D eigenvalue weighted by molar-refractivity contribution is -0.888. The fraction of sp³-hybridized carbons (Fsp3) is 0.391. The summed E-state index contributed by atoms with van der Waals surface area (Å²) < 4.78 is 17.2. The molecule has 0 aliphatic rings. The van der Waals surface area contributed by atoms with Crippen molar-refractivity contribution >= 4 is 12.2 Å². The van der Waals surface area contributed by atoms with Crippen LogP contribution in [0.2, 0.25) is 0 Å². The van der Waals surface area contributed by atoms with Crippen molar-refractivity contribution < 1.29 is 18.7 Å². The molecule has 4 heteroatoms. The van der Waals surface area contributed by atoms with Crippen molar-refractivity contribution in [2.45, 2.75) is 13.3 Å². The number of hydrogen-bond donors (Lipinski definition) is 0. The van der Waals surface area contributed by atoms with Gasteiger partial charge >= 0.3 is 0 Å². The molecule has 0 saturated heterocycles. The Balaban J connectivity index is 2.34. The van der Waals surface area contributed by atoms with Gasteiger partial charge < -0.3 is 18.7 Å². The van der Waals surface area contributed by atoms with E-state index in [1.54, 1.807) is 21.3 Å². The van der Waals surface area contributed by atoms with Crippen LogP contribution in [-0.4, -0.2) is 53.0 Å². The third-order valence-corrected chi connectivity index (χ3v) is 5.06. The van der Waals surface area contributed by atoms with E-state index < -0.39 is 0 Å². The van der Waals surface area contributed by atoms with E-state index in [1.807, 2.05) is 24.3 Å². The zero-order valence-corrected chi connectivity index (χ0v) is 17.4. The first-order valence-electron chi connectivity index (χ1n) is 9.31. The molecule has 146 valence electrons. The maximum Gasteiger partial charge on any atom is 0.161 e. The molecule has 0 heterocycles. The molecule has 0 aliphatic heterocycles. The van der Waals surface area contributed by atoms with Gasteiger partial charge in [0.25, 0.3) is 0 Å². The molecule has 0 N–H and O–H groups in total. The molecular formula is C23H32NO3+. The van der Waals surface area contributed by atoms with Gasteiger partial charge in [0.15, 0.2) is 11.5 Å². The van der Waals surface area contributed by atoms with Gasteiger partial charge in [0.05, 0.1) is 48.5 Å². The average Bonchev–Trinajstić information content (AvgIpc) is 2.70. The second-order valence-electron chi connectivity index (χ2n) is 7.24. The topological polar surface area (TPSA) is 27.7 Å². The molecule has 0 saturated carbocycles. The molecular weight excluding hydrogens is 338 g/mol. The molecule has 2 aromatic carbocycles. The summed E-state index contributed by atoms with van der Waals surface area (Å²) in [5, 5.41) is 0. The van der Waals surface area contributed by atoms with Gasteiger partial charge in [0, 0.05) is 6.42 Å². The van der Waals surface area contributed by atoms with E-state index >= 15 is 0 Å². The number of rotatable bonds is 9. The van der Waals surface area contributed by atoms with Gasteiger partial charge in [0.2, 0.25) is 0 Å². The molecule has 2 rings (SSSR count). The molecule has 0 amide bonds. The first kappa shape index (κ1) is 20.8. The van der Waals surface area contributed by atoms with Crippen molar-refractivity contribution in [2.24, 2.45) is 0 Å². The van der Waals surface area contributed by atoms with Crippen molar-refractivity contribution in [3.05, 3.63) is 53.1 Å². The number of likely N-dealkylation sites (N-methyl/N-ethyl adjacent to an activating group) is 1. The highest BCUT2D eigenvalue weighted by atomic mass is 16.5. The minimum Gasteiger partial charge on any atom is -0.497 e. The summed E-state index contributed by atoms with van der Waals surface area (Å²) in [5.41, 5.74) is 3.54. The Morgan fingerprint density at radius 1 is 0.852 bits per heavy atom. The summed E-state index contributed by atoms with van der Waals surface area (Å²) >= 11 is 0. The lowest BCUT2D eigenvalue weighted by atomic mass is 10.0. The number of quaternary nitrogens is 1. The summed E-state index contributed by atoms with van der Waals surface area (Å²) in [7, 11) is 9.55. The quantitative estimate of drug-likeness (QED) is 0.480.